The van der Waals surface area contributed by atoms with E-state index >= 15 is 0 Å². The third-order valence-corrected chi connectivity index (χ3v) is 3.13. The highest BCUT2D eigenvalue weighted by atomic mass is 79.9. The van der Waals surface area contributed by atoms with Crippen molar-refractivity contribution in [2.75, 3.05) is 6.54 Å². The Kier molecular flexibility index (Phi) is 5.36. The van der Waals surface area contributed by atoms with Crippen LogP contribution in [0.1, 0.15) is 18.9 Å². The molecule has 0 aliphatic rings. The summed E-state index contributed by atoms with van der Waals surface area (Å²) in [5.41, 5.74) is 1.11. The fourth-order valence-electron chi connectivity index (χ4n) is 1.70. The molecule has 0 amide bonds. The molecule has 1 aromatic carbocycles. The lowest BCUT2D eigenvalue weighted by Gasteiger charge is -2.11. The quantitative estimate of drug-likeness (QED) is 0.812. The van der Waals surface area contributed by atoms with Gasteiger partial charge < -0.3 is 10.1 Å². The van der Waals surface area contributed by atoms with Crippen LogP contribution in [0.15, 0.2) is 47.2 Å². The second-order valence-electron chi connectivity index (χ2n) is 4.22. The van der Waals surface area contributed by atoms with Gasteiger partial charge in [-0.25, -0.2) is 0 Å². The lowest BCUT2D eigenvalue weighted by atomic mass is 10.2. The Morgan fingerprint density at radius 2 is 2.21 bits per heavy atom. The molecule has 4 heteroatoms. The third kappa shape index (κ3) is 4.33. The summed E-state index contributed by atoms with van der Waals surface area (Å²) in [5, 5.41) is 3.37. The average molecular weight is 321 g/mol. The average Bonchev–Trinajstić information content (AvgIpc) is 2.41. The fourth-order valence-corrected chi connectivity index (χ4v) is 2.08. The van der Waals surface area contributed by atoms with Crippen LogP contribution in [0.5, 0.6) is 11.5 Å². The number of rotatable bonds is 6. The third-order valence-electron chi connectivity index (χ3n) is 2.64. The molecule has 0 atom stereocenters. The van der Waals surface area contributed by atoms with Crippen LogP contribution in [0.3, 0.4) is 0 Å². The van der Waals surface area contributed by atoms with Gasteiger partial charge in [0, 0.05) is 22.8 Å². The maximum absolute atomic E-state index is 5.89. The molecule has 2 rings (SSSR count). The normalized spacial score (nSPS) is 10.4. The first-order valence-electron chi connectivity index (χ1n) is 6.36. The molecule has 2 aromatic rings. The smallest absolute Gasteiger partial charge is 0.150 e. The molecule has 0 saturated carbocycles. The van der Waals surface area contributed by atoms with Crippen molar-refractivity contribution in [1.82, 2.24) is 10.3 Å². The Morgan fingerprint density at radius 3 is 3.00 bits per heavy atom. The molecule has 0 radical (unpaired) electrons. The summed E-state index contributed by atoms with van der Waals surface area (Å²) < 4.78 is 6.89. The maximum atomic E-state index is 5.89. The predicted molar refractivity (Wildman–Crippen MR) is 80.5 cm³/mol. The van der Waals surface area contributed by atoms with Crippen molar-refractivity contribution in [3.8, 4) is 11.5 Å². The van der Waals surface area contributed by atoms with Crippen LogP contribution in [0.4, 0.5) is 0 Å². The van der Waals surface area contributed by atoms with Crippen LogP contribution in [-0.4, -0.2) is 11.5 Å². The van der Waals surface area contributed by atoms with E-state index in [4.69, 9.17) is 4.74 Å². The first-order valence-corrected chi connectivity index (χ1v) is 7.16. The van der Waals surface area contributed by atoms with E-state index in [1.807, 2.05) is 30.3 Å². The minimum Gasteiger partial charge on any atom is -0.455 e. The predicted octanol–water partition coefficient (Wildman–Crippen LogP) is 4.14. The Hall–Kier alpha value is -1.39. The molecule has 0 aliphatic heterocycles. The van der Waals surface area contributed by atoms with Gasteiger partial charge in [0.15, 0.2) is 0 Å². The van der Waals surface area contributed by atoms with Gasteiger partial charge in [0.2, 0.25) is 0 Å². The zero-order chi connectivity index (χ0) is 13.5. The van der Waals surface area contributed by atoms with Crippen LogP contribution < -0.4 is 10.1 Å². The van der Waals surface area contributed by atoms with Crippen molar-refractivity contribution in [3.63, 3.8) is 0 Å². The summed E-state index contributed by atoms with van der Waals surface area (Å²) in [6.07, 6.45) is 4.66. The van der Waals surface area contributed by atoms with Crippen molar-refractivity contribution >= 4 is 15.9 Å². The van der Waals surface area contributed by atoms with Gasteiger partial charge in [0.05, 0.1) is 6.20 Å². The minimum atomic E-state index is 0.791. The first kappa shape index (κ1) is 14.0. The Morgan fingerprint density at radius 1 is 1.32 bits per heavy atom. The van der Waals surface area contributed by atoms with E-state index in [1.165, 1.54) is 0 Å². The molecular weight excluding hydrogens is 304 g/mol. The minimum absolute atomic E-state index is 0.791. The Labute approximate surface area is 122 Å². The molecule has 0 saturated heterocycles. The van der Waals surface area contributed by atoms with E-state index in [0.29, 0.717) is 0 Å². The number of nitrogens with zero attached hydrogens (tertiary/aromatic N) is 1. The van der Waals surface area contributed by atoms with Gasteiger partial charge in [-0.1, -0.05) is 28.9 Å². The summed E-state index contributed by atoms with van der Waals surface area (Å²) in [4.78, 5) is 4.13. The van der Waals surface area contributed by atoms with Gasteiger partial charge in [0.25, 0.3) is 0 Å². The summed E-state index contributed by atoms with van der Waals surface area (Å²) in [5.74, 6) is 1.60. The summed E-state index contributed by atoms with van der Waals surface area (Å²) in [6.45, 7) is 3.94. The van der Waals surface area contributed by atoms with Crippen molar-refractivity contribution in [2.45, 2.75) is 19.9 Å². The van der Waals surface area contributed by atoms with Crippen molar-refractivity contribution in [1.29, 1.82) is 0 Å². The lowest BCUT2D eigenvalue weighted by Crippen LogP contribution is -2.14. The van der Waals surface area contributed by atoms with E-state index in [-0.39, 0.29) is 0 Å². The molecule has 0 fully saturated rings. The molecule has 100 valence electrons. The van der Waals surface area contributed by atoms with Gasteiger partial charge in [-0.3, -0.25) is 4.98 Å². The second-order valence-corrected chi connectivity index (χ2v) is 5.14. The van der Waals surface area contributed by atoms with Crippen LogP contribution in [0, 0.1) is 0 Å². The topological polar surface area (TPSA) is 34.2 Å². The zero-order valence-electron chi connectivity index (χ0n) is 10.9. The highest BCUT2D eigenvalue weighted by Crippen LogP contribution is 2.26. The standard InChI is InChI=1S/C15H17BrN2O/c1-2-7-17-10-12-6-8-18-11-15(12)19-14-5-3-4-13(16)9-14/h3-6,8-9,11,17H,2,7,10H2,1H3. The van der Waals surface area contributed by atoms with E-state index in [1.54, 1.807) is 12.4 Å². The highest BCUT2D eigenvalue weighted by molar-refractivity contribution is 9.10. The van der Waals surface area contributed by atoms with E-state index < -0.39 is 0 Å². The molecule has 1 N–H and O–H groups in total. The summed E-state index contributed by atoms with van der Waals surface area (Å²) in [7, 11) is 0. The second kappa shape index (κ2) is 7.26. The molecule has 1 heterocycles. The molecule has 3 nitrogen and oxygen atoms in total. The molecule has 1 aromatic heterocycles. The summed E-state index contributed by atoms with van der Waals surface area (Å²) >= 11 is 3.44. The van der Waals surface area contributed by atoms with Crippen molar-refractivity contribution in [3.05, 3.63) is 52.8 Å². The van der Waals surface area contributed by atoms with Gasteiger partial charge in [0.1, 0.15) is 11.5 Å². The number of aromatic nitrogens is 1. The van der Waals surface area contributed by atoms with Crippen molar-refractivity contribution in [2.24, 2.45) is 0 Å². The van der Waals surface area contributed by atoms with Gasteiger partial charge in [-0.15, -0.1) is 0 Å². The van der Waals surface area contributed by atoms with E-state index in [0.717, 1.165) is 41.0 Å². The van der Waals surface area contributed by atoms with Crippen LogP contribution in [-0.2, 0) is 6.54 Å². The molecule has 0 unspecified atom stereocenters. The number of hydrogen-bond donors (Lipinski definition) is 1. The van der Waals surface area contributed by atoms with E-state index in [2.05, 4.69) is 33.2 Å². The Balaban J connectivity index is 2.11. The largest absolute Gasteiger partial charge is 0.455 e. The number of halogens is 1. The maximum Gasteiger partial charge on any atom is 0.150 e. The molecule has 0 aliphatic carbocycles. The molecule has 0 bridgehead atoms. The molecule has 0 spiro atoms. The van der Waals surface area contributed by atoms with Gasteiger partial charge in [-0.2, -0.15) is 0 Å². The van der Waals surface area contributed by atoms with Gasteiger partial charge >= 0.3 is 0 Å². The van der Waals surface area contributed by atoms with Crippen LogP contribution >= 0.6 is 15.9 Å². The first-order chi connectivity index (χ1) is 9.29. The fraction of sp³-hybridized carbons (Fsp3) is 0.267. The molecule has 19 heavy (non-hydrogen) atoms. The number of nitrogens with one attached hydrogen (secondary N) is 1. The van der Waals surface area contributed by atoms with Gasteiger partial charge in [-0.05, 0) is 37.2 Å². The number of pyridine rings is 1. The number of benzene rings is 1. The Bertz CT molecular complexity index is 531. The summed E-state index contributed by atoms with van der Waals surface area (Å²) in [6, 6.07) is 9.78. The number of ether oxygens (including phenoxy) is 1. The van der Waals surface area contributed by atoms with Crippen molar-refractivity contribution < 1.29 is 4.74 Å². The van der Waals surface area contributed by atoms with Crippen LogP contribution in [0.2, 0.25) is 0 Å². The molecular formula is C15H17BrN2O. The highest BCUT2D eigenvalue weighted by Gasteiger charge is 2.05. The van der Waals surface area contributed by atoms with E-state index in [9.17, 15) is 0 Å². The lowest BCUT2D eigenvalue weighted by molar-refractivity contribution is 0.470. The number of hydrogen-bond acceptors (Lipinski definition) is 3. The zero-order valence-corrected chi connectivity index (χ0v) is 12.5. The SMILES string of the molecule is CCCNCc1ccncc1Oc1cccc(Br)c1. The van der Waals surface area contributed by atoms with Crippen LogP contribution in [0.25, 0.3) is 0 Å². The monoisotopic (exact) mass is 320 g/mol.